The molecule has 0 amide bonds. The summed E-state index contributed by atoms with van der Waals surface area (Å²) in [4.78, 5) is 21.6. The van der Waals surface area contributed by atoms with Gasteiger partial charge in [-0.1, -0.05) is 43.2 Å². The number of rotatable bonds is 11. The molecule has 0 aliphatic heterocycles. The lowest BCUT2D eigenvalue weighted by molar-refractivity contribution is -0.136. The van der Waals surface area contributed by atoms with Crippen molar-refractivity contribution in [3.05, 3.63) is 29.8 Å². The van der Waals surface area contributed by atoms with Crippen LogP contribution in [-0.2, 0) is 4.79 Å². The van der Waals surface area contributed by atoms with E-state index < -0.39 is 11.9 Å². The Labute approximate surface area is 157 Å². The number of nitrogens with two attached hydrogens (primary N) is 2. The highest BCUT2D eigenvalue weighted by molar-refractivity contribution is 8.77. The molecule has 0 radical (unpaired) electrons. The van der Waals surface area contributed by atoms with Gasteiger partial charge in [-0.15, -0.1) is 0 Å². The fraction of sp³-hybridized carbons (Fsp3) is 0.429. The van der Waals surface area contributed by atoms with Gasteiger partial charge in [0, 0.05) is 35.2 Å². The fourth-order valence-electron chi connectivity index (χ4n) is 1.11. The molecule has 0 bridgehead atoms. The molecule has 0 aliphatic rings. The molecule has 6 N–H and O–H groups in total. The number of carboxylic acids is 2. The van der Waals surface area contributed by atoms with Gasteiger partial charge in [-0.3, -0.25) is 4.79 Å². The Kier molecular flexibility index (Phi) is 15.6. The van der Waals surface area contributed by atoms with E-state index >= 15 is 0 Å². The first kappa shape index (κ1) is 23.5. The molecule has 0 unspecified atom stereocenters. The Bertz CT molecular complexity index is 474. The third-order valence-electron chi connectivity index (χ3n) is 2.14. The lowest BCUT2D eigenvalue weighted by atomic mass is 10.2. The summed E-state index contributed by atoms with van der Waals surface area (Å²) in [6.07, 6.45) is 0.238. The van der Waals surface area contributed by atoms with Crippen molar-refractivity contribution in [2.24, 2.45) is 11.5 Å². The van der Waals surface area contributed by atoms with Gasteiger partial charge in [-0.25, -0.2) is 4.79 Å². The van der Waals surface area contributed by atoms with Crippen LogP contribution in [0.15, 0.2) is 29.2 Å². The summed E-state index contributed by atoms with van der Waals surface area (Å²) < 4.78 is 0. The van der Waals surface area contributed by atoms with E-state index in [9.17, 15) is 9.59 Å². The van der Waals surface area contributed by atoms with Crippen molar-refractivity contribution < 1.29 is 19.8 Å². The lowest BCUT2D eigenvalue weighted by Crippen LogP contribution is -2.00. The average Bonchev–Trinajstić information content (AvgIpc) is 2.56. The monoisotopic (exact) mass is 410 g/mol. The van der Waals surface area contributed by atoms with Crippen LogP contribution in [0.2, 0.25) is 0 Å². The molecule has 1 aromatic carbocycles. The fourth-order valence-corrected chi connectivity index (χ4v) is 4.78. The van der Waals surface area contributed by atoms with Crippen LogP contribution in [0.25, 0.3) is 0 Å². The van der Waals surface area contributed by atoms with Crippen molar-refractivity contribution in [1.82, 2.24) is 0 Å². The van der Waals surface area contributed by atoms with E-state index in [1.54, 1.807) is 67.4 Å². The molecule has 0 spiro atoms. The van der Waals surface area contributed by atoms with Crippen LogP contribution in [0.1, 0.15) is 16.8 Å². The zero-order chi connectivity index (χ0) is 18.2. The van der Waals surface area contributed by atoms with Gasteiger partial charge in [0.25, 0.3) is 0 Å². The summed E-state index contributed by atoms with van der Waals surface area (Å²) in [6.45, 7) is 1.32. The highest BCUT2D eigenvalue weighted by atomic mass is 33.1. The molecule has 0 aliphatic carbocycles. The van der Waals surface area contributed by atoms with Crippen molar-refractivity contribution in [2.45, 2.75) is 11.3 Å². The summed E-state index contributed by atoms with van der Waals surface area (Å²) in [5.74, 6) is 0.826. The van der Waals surface area contributed by atoms with E-state index in [1.807, 2.05) is 0 Å². The first-order valence-corrected chi connectivity index (χ1v) is 11.8. The van der Waals surface area contributed by atoms with Gasteiger partial charge in [0.1, 0.15) is 0 Å². The molecule has 1 rings (SSSR count). The predicted molar refractivity (Wildman–Crippen MR) is 107 cm³/mol. The van der Waals surface area contributed by atoms with Crippen molar-refractivity contribution in [2.75, 3.05) is 30.3 Å². The van der Waals surface area contributed by atoms with Crippen LogP contribution in [0, 0.1) is 0 Å². The van der Waals surface area contributed by atoms with E-state index in [4.69, 9.17) is 21.7 Å². The van der Waals surface area contributed by atoms with Gasteiger partial charge in [0.2, 0.25) is 0 Å². The maximum Gasteiger partial charge on any atom is 0.335 e. The summed E-state index contributed by atoms with van der Waals surface area (Å²) in [5.41, 5.74) is 10.9. The summed E-state index contributed by atoms with van der Waals surface area (Å²) in [5, 5.41) is 16.9. The molecule has 1 aromatic rings. The number of aliphatic carboxylic acids is 1. The lowest BCUT2D eigenvalue weighted by Gasteiger charge is -1.99. The van der Waals surface area contributed by atoms with Crippen molar-refractivity contribution in [3.8, 4) is 0 Å². The van der Waals surface area contributed by atoms with Gasteiger partial charge >= 0.3 is 11.9 Å². The normalized spacial score (nSPS) is 9.92. The number of carboxylic acid groups (broad SMARTS) is 2. The number of hydrogen-bond acceptors (Lipinski definition) is 8. The molecule has 6 nitrogen and oxygen atoms in total. The molecule has 0 fully saturated rings. The second-order valence-electron chi connectivity index (χ2n) is 4.10. The third kappa shape index (κ3) is 13.9. The molecule has 24 heavy (non-hydrogen) atoms. The minimum Gasteiger partial charge on any atom is -0.481 e. The minimum atomic E-state index is -0.892. The van der Waals surface area contributed by atoms with E-state index in [1.165, 1.54) is 0 Å². The smallest absolute Gasteiger partial charge is 0.335 e. The van der Waals surface area contributed by atoms with E-state index in [0.29, 0.717) is 24.4 Å². The Balaban J connectivity index is 0.000000470. The van der Waals surface area contributed by atoms with Gasteiger partial charge in [-0.05, 0) is 24.3 Å². The average molecular weight is 411 g/mol. The van der Waals surface area contributed by atoms with Crippen LogP contribution in [-0.4, -0.2) is 52.5 Å². The van der Waals surface area contributed by atoms with Crippen LogP contribution in [0.3, 0.4) is 0 Å². The van der Waals surface area contributed by atoms with Gasteiger partial charge < -0.3 is 21.7 Å². The summed E-state index contributed by atoms with van der Waals surface area (Å²) in [7, 11) is 6.46. The molecule has 0 aromatic heterocycles. The van der Waals surface area contributed by atoms with Gasteiger partial charge in [0.05, 0.1) is 12.0 Å². The summed E-state index contributed by atoms with van der Waals surface area (Å²) >= 11 is 0. The SMILES string of the molecule is NCCSSCCC(=O)O.NCCSSc1ccc(C(=O)O)cc1. The largest absolute Gasteiger partial charge is 0.481 e. The highest BCUT2D eigenvalue weighted by Gasteiger charge is 2.01. The molecular weight excluding hydrogens is 388 g/mol. The predicted octanol–water partition coefficient (Wildman–Crippen LogP) is 2.89. The second kappa shape index (κ2) is 16.0. The number of aromatic carboxylic acids is 1. The van der Waals surface area contributed by atoms with Crippen molar-refractivity contribution >= 4 is 55.1 Å². The molecule has 0 heterocycles. The molecule has 136 valence electrons. The Hall–Kier alpha value is -0.520. The van der Waals surface area contributed by atoms with Crippen LogP contribution in [0.5, 0.6) is 0 Å². The molecule has 10 heteroatoms. The second-order valence-corrected chi connectivity index (χ2v) is 9.29. The minimum absolute atomic E-state index is 0.238. The standard InChI is InChI=1S/C9H11NO2S2.C5H11NO2S2/c10-5-6-13-14-8-3-1-7(2-4-8)9(11)12;6-2-4-10-9-3-1-5(7)8/h1-4H,5-6,10H2,(H,11,12);1-4,6H2,(H,7,8). The Morgan fingerprint density at radius 1 is 0.875 bits per heavy atom. The number of hydrogen-bond donors (Lipinski definition) is 4. The maximum absolute atomic E-state index is 10.5. The van der Waals surface area contributed by atoms with E-state index in [0.717, 1.165) is 16.4 Å². The molecular formula is C14H22N2O4S4. The first-order valence-electron chi connectivity index (χ1n) is 7.00. The van der Waals surface area contributed by atoms with Crippen molar-refractivity contribution in [1.29, 1.82) is 0 Å². The van der Waals surface area contributed by atoms with Crippen LogP contribution < -0.4 is 11.5 Å². The first-order chi connectivity index (χ1) is 11.5. The van der Waals surface area contributed by atoms with Crippen LogP contribution >= 0.6 is 43.2 Å². The highest BCUT2D eigenvalue weighted by Crippen LogP contribution is 2.30. The number of benzene rings is 1. The Morgan fingerprint density at radius 3 is 1.92 bits per heavy atom. The quantitative estimate of drug-likeness (QED) is 0.319. The van der Waals surface area contributed by atoms with E-state index in [2.05, 4.69) is 0 Å². The van der Waals surface area contributed by atoms with Crippen LogP contribution in [0.4, 0.5) is 0 Å². The molecule has 0 saturated heterocycles. The zero-order valence-corrected chi connectivity index (χ0v) is 16.3. The Morgan fingerprint density at radius 2 is 1.42 bits per heavy atom. The maximum atomic E-state index is 10.5. The van der Waals surface area contributed by atoms with Gasteiger partial charge in [-0.2, -0.15) is 0 Å². The molecule has 0 saturated carbocycles. The van der Waals surface area contributed by atoms with E-state index in [-0.39, 0.29) is 6.42 Å². The van der Waals surface area contributed by atoms with Gasteiger partial charge in [0.15, 0.2) is 0 Å². The zero-order valence-electron chi connectivity index (χ0n) is 13.1. The topological polar surface area (TPSA) is 127 Å². The third-order valence-corrected chi connectivity index (χ3v) is 7.00. The molecule has 0 atom stereocenters. The van der Waals surface area contributed by atoms with Crippen molar-refractivity contribution in [3.63, 3.8) is 0 Å². The number of carbonyl (C=O) groups is 2. The summed E-state index contributed by atoms with van der Waals surface area (Å²) in [6, 6.07) is 6.82.